The molecule has 2 rings (SSSR count). The van der Waals surface area contributed by atoms with Gasteiger partial charge in [0.05, 0.1) is 32.3 Å². The zero-order chi connectivity index (χ0) is 23.0. The third-order valence-electron chi connectivity index (χ3n) is 6.51. The number of carbonyl (C=O) groups excluding carboxylic acids is 2. The Labute approximate surface area is 198 Å². The number of hydrogen-bond acceptors (Lipinski definition) is 6. The fourth-order valence-corrected chi connectivity index (χ4v) is 5.62. The van der Waals surface area contributed by atoms with Gasteiger partial charge in [0.1, 0.15) is 12.3 Å². The van der Waals surface area contributed by atoms with Crippen molar-refractivity contribution >= 4 is 34.5 Å². The Hall–Kier alpha value is -0.740. The van der Waals surface area contributed by atoms with Crippen LogP contribution in [-0.4, -0.2) is 59.7 Å². The standard InChI is InChI=1S/C23H36FIO6/c1-4-5-7-17(24)19(26)11-10-14-15-12-21(18(25)8-6-9-22(27)29-2)31-20(15)13-16(14)23(28)30-3/h10-11,14-21,26H,4-9,12-13H2,1-3H3/b11-10+/t14-,15+,16+,17+,18-,19+,20-,21-/m0/s1. The van der Waals surface area contributed by atoms with E-state index < -0.39 is 12.3 Å². The number of fused-ring (bicyclic) bond motifs is 1. The number of aliphatic hydroxyl groups is 1. The lowest BCUT2D eigenvalue weighted by molar-refractivity contribution is -0.146. The average molecular weight is 554 g/mol. The minimum Gasteiger partial charge on any atom is -0.469 e. The molecular weight excluding hydrogens is 518 g/mol. The van der Waals surface area contributed by atoms with E-state index in [1.807, 2.05) is 6.92 Å². The van der Waals surface area contributed by atoms with Crippen molar-refractivity contribution in [1.29, 1.82) is 0 Å². The van der Waals surface area contributed by atoms with Crippen LogP contribution in [0.15, 0.2) is 12.2 Å². The van der Waals surface area contributed by atoms with Crippen molar-refractivity contribution in [2.24, 2.45) is 17.8 Å². The Kier molecular flexibility index (Phi) is 11.2. The van der Waals surface area contributed by atoms with E-state index in [9.17, 15) is 19.1 Å². The topological polar surface area (TPSA) is 82.1 Å². The number of esters is 2. The van der Waals surface area contributed by atoms with Crippen LogP contribution in [0.4, 0.5) is 4.39 Å². The molecule has 0 aromatic heterocycles. The van der Waals surface area contributed by atoms with E-state index in [0.717, 1.165) is 32.1 Å². The quantitative estimate of drug-likeness (QED) is 0.169. The zero-order valence-corrected chi connectivity index (χ0v) is 20.8. The fraction of sp³-hybridized carbons (Fsp3) is 0.826. The predicted molar refractivity (Wildman–Crippen MR) is 124 cm³/mol. The number of methoxy groups -OCH3 is 2. The smallest absolute Gasteiger partial charge is 0.309 e. The van der Waals surface area contributed by atoms with Gasteiger partial charge >= 0.3 is 11.9 Å². The normalized spacial score (nSPS) is 30.7. The van der Waals surface area contributed by atoms with Crippen molar-refractivity contribution in [2.75, 3.05) is 14.2 Å². The van der Waals surface area contributed by atoms with Gasteiger partial charge in [-0.1, -0.05) is 54.5 Å². The molecule has 178 valence electrons. The molecule has 1 aliphatic heterocycles. The van der Waals surface area contributed by atoms with Crippen LogP contribution >= 0.6 is 22.6 Å². The lowest BCUT2D eigenvalue weighted by Crippen LogP contribution is -2.27. The van der Waals surface area contributed by atoms with Gasteiger partial charge in [-0.05, 0) is 43.9 Å². The summed E-state index contributed by atoms with van der Waals surface area (Å²) in [5, 5.41) is 10.2. The first-order chi connectivity index (χ1) is 14.8. The molecule has 1 N–H and O–H groups in total. The summed E-state index contributed by atoms with van der Waals surface area (Å²) >= 11 is 2.37. The van der Waals surface area contributed by atoms with Crippen LogP contribution in [0.25, 0.3) is 0 Å². The van der Waals surface area contributed by atoms with E-state index in [1.54, 1.807) is 6.08 Å². The summed E-state index contributed by atoms with van der Waals surface area (Å²) in [4.78, 5) is 23.7. The van der Waals surface area contributed by atoms with Crippen molar-refractivity contribution in [2.45, 2.75) is 86.7 Å². The molecular formula is C23H36FIO6. The SMILES string of the molecule is CCCC[C@@H](F)[C@H](O)/C=C/[C@H]1[C@H]2C[C@@H]([C@@H](I)CCCC(=O)OC)O[C@H]2C[C@H]1C(=O)OC. The lowest BCUT2D eigenvalue weighted by atomic mass is 9.85. The van der Waals surface area contributed by atoms with Gasteiger partial charge in [-0.3, -0.25) is 9.59 Å². The van der Waals surface area contributed by atoms with Crippen LogP contribution in [-0.2, 0) is 23.8 Å². The van der Waals surface area contributed by atoms with Gasteiger partial charge in [-0.15, -0.1) is 0 Å². The summed E-state index contributed by atoms with van der Waals surface area (Å²) in [6.45, 7) is 1.99. The molecule has 1 aliphatic carbocycles. The Morgan fingerprint density at radius 1 is 1.23 bits per heavy atom. The molecule has 31 heavy (non-hydrogen) atoms. The second kappa shape index (κ2) is 13.1. The van der Waals surface area contributed by atoms with Crippen LogP contribution in [0, 0.1) is 17.8 Å². The van der Waals surface area contributed by atoms with E-state index in [-0.39, 0.29) is 45.8 Å². The summed E-state index contributed by atoms with van der Waals surface area (Å²) in [6.07, 6.45) is 6.12. The van der Waals surface area contributed by atoms with Gasteiger partial charge in [0.15, 0.2) is 0 Å². The van der Waals surface area contributed by atoms with Gasteiger partial charge in [-0.2, -0.15) is 0 Å². The second-order valence-corrected chi connectivity index (χ2v) is 10.2. The molecule has 1 saturated carbocycles. The van der Waals surface area contributed by atoms with Crippen LogP contribution < -0.4 is 0 Å². The number of rotatable bonds is 12. The summed E-state index contributed by atoms with van der Waals surface area (Å²) in [5.74, 6) is -0.850. The molecule has 6 nitrogen and oxygen atoms in total. The lowest BCUT2D eigenvalue weighted by Gasteiger charge is -2.22. The largest absolute Gasteiger partial charge is 0.469 e. The van der Waals surface area contributed by atoms with Crippen molar-refractivity contribution in [3.8, 4) is 0 Å². The van der Waals surface area contributed by atoms with Gasteiger partial charge in [-0.25, -0.2) is 4.39 Å². The Balaban J connectivity index is 1.99. The second-order valence-electron chi connectivity index (χ2n) is 8.57. The number of carbonyl (C=O) groups is 2. The van der Waals surface area contributed by atoms with E-state index in [4.69, 9.17) is 14.2 Å². The number of unbranched alkanes of at least 4 members (excludes halogenated alkanes) is 1. The highest BCUT2D eigenvalue weighted by molar-refractivity contribution is 14.1. The summed E-state index contributed by atoms with van der Waals surface area (Å²) < 4.78 is 30.4. The molecule has 1 saturated heterocycles. The molecule has 0 aromatic rings. The number of ether oxygens (including phenoxy) is 3. The highest BCUT2D eigenvalue weighted by atomic mass is 127. The molecule has 8 atom stereocenters. The fourth-order valence-electron chi connectivity index (χ4n) is 4.72. The first-order valence-electron chi connectivity index (χ1n) is 11.3. The van der Waals surface area contributed by atoms with Gasteiger partial charge in [0.2, 0.25) is 0 Å². The zero-order valence-electron chi connectivity index (χ0n) is 18.7. The van der Waals surface area contributed by atoms with Crippen molar-refractivity contribution in [1.82, 2.24) is 0 Å². The highest BCUT2D eigenvalue weighted by Crippen LogP contribution is 2.49. The molecule has 0 amide bonds. The van der Waals surface area contributed by atoms with Crippen LogP contribution in [0.2, 0.25) is 0 Å². The number of allylic oxidation sites excluding steroid dienone is 1. The van der Waals surface area contributed by atoms with Gasteiger partial charge in [0, 0.05) is 10.3 Å². The van der Waals surface area contributed by atoms with Gasteiger partial charge < -0.3 is 19.3 Å². The Bertz CT molecular complexity index is 615. The minimum absolute atomic E-state index is 0.0474. The molecule has 0 spiro atoms. The maximum Gasteiger partial charge on any atom is 0.309 e. The molecule has 0 bridgehead atoms. The van der Waals surface area contributed by atoms with Crippen LogP contribution in [0.3, 0.4) is 0 Å². The van der Waals surface area contributed by atoms with Crippen molar-refractivity contribution in [3.63, 3.8) is 0 Å². The maximum absolute atomic E-state index is 14.2. The molecule has 0 aromatic carbocycles. The molecule has 0 radical (unpaired) electrons. The van der Waals surface area contributed by atoms with E-state index in [0.29, 0.717) is 19.3 Å². The van der Waals surface area contributed by atoms with Gasteiger partial charge in [0.25, 0.3) is 0 Å². The number of hydrogen-bond donors (Lipinski definition) is 1. The third-order valence-corrected chi connectivity index (χ3v) is 7.93. The molecule has 2 fully saturated rings. The Morgan fingerprint density at radius 2 is 1.97 bits per heavy atom. The monoisotopic (exact) mass is 554 g/mol. The first-order valence-corrected chi connectivity index (χ1v) is 12.5. The number of halogens is 2. The van der Waals surface area contributed by atoms with E-state index in [2.05, 4.69) is 22.6 Å². The average Bonchev–Trinajstić information content (AvgIpc) is 3.33. The van der Waals surface area contributed by atoms with E-state index >= 15 is 0 Å². The molecule has 8 heteroatoms. The predicted octanol–water partition coefficient (Wildman–Crippen LogP) is 4.16. The molecule has 2 aliphatic rings. The first kappa shape index (κ1) is 26.5. The molecule has 1 heterocycles. The summed E-state index contributed by atoms with van der Waals surface area (Å²) in [6, 6.07) is 0. The van der Waals surface area contributed by atoms with Crippen LogP contribution in [0.5, 0.6) is 0 Å². The van der Waals surface area contributed by atoms with E-state index in [1.165, 1.54) is 20.3 Å². The highest BCUT2D eigenvalue weighted by Gasteiger charge is 2.52. The number of alkyl halides is 2. The van der Waals surface area contributed by atoms with Crippen LogP contribution in [0.1, 0.15) is 58.3 Å². The summed E-state index contributed by atoms with van der Waals surface area (Å²) in [5.41, 5.74) is 0. The van der Waals surface area contributed by atoms with Crippen molar-refractivity contribution < 1.29 is 33.3 Å². The maximum atomic E-state index is 14.2. The molecule has 0 unspecified atom stereocenters. The number of aliphatic hydroxyl groups excluding tert-OH is 1. The Morgan fingerprint density at radius 3 is 2.61 bits per heavy atom. The van der Waals surface area contributed by atoms with Crippen molar-refractivity contribution in [3.05, 3.63) is 12.2 Å². The third kappa shape index (κ3) is 7.39. The minimum atomic E-state index is -1.30. The summed E-state index contributed by atoms with van der Waals surface area (Å²) in [7, 11) is 2.77.